The van der Waals surface area contributed by atoms with Gasteiger partial charge in [-0.25, -0.2) is 0 Å². The molecule has 3 nitrogen and oxygen atoms in total. The minimum Gasteiger partial charge on any atom is -0.516 e. The second kappa shape index (κ2) is 5.82. The number of para-hydroxylation sites is 1. The first-order valence-electron chi connectivity index (χ1n) is 6.18. The molecule has 0 saturated carbocycles. The van der Waals surface area contributed by atoms with E-state index < -0.39 is 8.32 Å². The molecule has 2 aromatic rings. The number of aliphatic hydroxyl groups is 1. The lowest BCUT2D eigenvalue weighted by molar-refractivity contribution is 0.471. The molecule has 19 heavy (non-hydrogen) atoms. The maximum absolute atomic E-state index is 10.8. The first-order chi connectivity index (χ1) is 9.19. The van der Waals surface area contributed by atoms with Gasteiger partial charge in [-0.05, 0) is 24.2 Å². The second-order valence-electron chi connectivity index (χ2n) is 4.50. The highest BCUT2D eigenvalue weighted by Crippen LogP contribution is 2.16. The van der Waals surface area contributed by atoms with Crippen molar-refractivity contribution in [3.63, 3.8) is 0 Å². The number of allylic oxidation sites excluding steroid dienone is 2. The zero-order chi connectivity index (χ0) is 13.7. The lowest BCUT2D eigenvalue weighted by Gasteiger charge is -2.22. The van der Waals surface area contributed by atoms with Crippen molar-refractivity contribution in [1.82, 2.24) is 4.98 Å². The average molecular weight is 271 g/mol. The van der Waals surface area contributed by atoms with Crippen molar-refractivity contribution in [2.24, 2.45) is 0 Å². The topological polar surface area (TPSA) is 53.4 Å². The van der Waals surface area contributed by atoms with Crippen molar-refractivity contribution in [1.29, 1.82) is 0 Å². The predicted octanol–water partition coefficient (Wildman–Crippen LogP) is 2.64. The second-order valence-corrected chi connectivity index (χ2v) is 7.89. The summed E-state index contributed by atoms with van der Waals surface area (Å²) in [4.78, 5) is 15.4. The SMILES string of the molecule is C=CC[Si](O)(CC=CO)c1ccc2ccccc2n1. The molecule has 98 valence electrons. The lowest BCUT2D eigenvalue weighted by Crippen LogP contribution is -2.48. The summed E-state index contributed by atoms with van der Waals surface area (Å²) in [6, 6.07) is 12.6. The Kier molecular flexibility index (Phi) is 4.14. The van der Waals surface area contributed by atoms with Crippen LogP contribution in [0, 0.1) is 0 Å². The molecule has 0 radical (unpaired) electrons. The standard InChI is InChI=1S/C15H17NO2Si/c1-2-11-19(18,12-5-10-17)15-9-8-13-6-3-4-7-14(13)16-15/h2-10,17-18H,1,11-12H2. The fourth-order valence-corrected chi connectivity index (χ4v) is 4.38. The van der Waals surface area contributed by atoms with Crippen LogP contribution in [0.25, 0.3) is 10.9 Å². The van der Waals surface area contributed by atoms with Gasteiger partial charge in [-0.3, -0.25) is 4.98 Å². The highest BCUT2D eigenvalue weighted by atomic mass is 28.4. The van der Waals surface area contributed by atoms with E-state index in [1.807, 2.05) is 36.4 Å². The quantitative estimate of drug-likeness (QED) is 0.499. The molecular weight excluding hydrogens is 254 g/mol. The zero-order valence-electron chi connectivity index (χ0n) is 10.7. The van der Waals surface area contributed by atoms with Gasteiger partial charge in [0, 0.05) is 5.39 Å². The third-order valence-electron chi connectivity index (χ3n) is 3.12. The summed E-state index contributed by atoms with van der Waals surface area (Å²) in [6.07, 6.45) is 4.27. The molecule has 2 N–H and O–H groups in total. The van der Waals surface area contributed by atoms with E-state index >= 15 is 0 Å². The van der Waals surface area contributed by atoms with Crippen LogP contribution in [-0.4, -0.2) is 23.2 Å². The Morgan fingerprint density at radius 3 is 2.68 bits per heavy atom. The largest absolute Gasteiger partial charge is 0.516 e. The van der Waals surface area contributed by atoms with Gasteiger partial charge in [0.1, 0.15) is 0 Å². The van der Waals surface area contributed by atoms with E-state index in [4.69, 9.17) is 5.11 Å². The molecule has 2 rings (SSSR count). The molecule has 1 aromatic carbocycles. The fourth-order valence-electron chi connectivity index (χ4n) is 2.10. The molecule has 0 aliphatic carbocycles. The number of nitrogens with zero attached hydrogens (tertiary/aromatic N) is 1. The Morgan fingerprint density at radius 1 is 1.16 bits per heavy atom. The van der Waals surface area contributed by atoms with E-state index in [0.717, 1.165) is 22.5 Å². The number of pyridine rings is 1. The highest BCUT2D eigenvalue weighted by Gasteiger charge is 2.32. The minimum atomic E-state index is -2.74. The Labute approximate surface area is 113 Å². The maximum Gasteiger partial charge on any atom is 0.247 e. The van der Waals surface area contributed by atoms with Crippen molar-refractivity contribution in [3.8, 4) is 0 Å². The summed E-state index contributed by atoms with van der Waals surface area (Å²) in [5.74, 6) is 0. The first-order valence-corrected chi connectivity index (χ1v) is 8.54. The van der Waals surface area contributed by atoms with Crippen LogP contribution in [0.1, 0.15) is 0 Å². The van der Waals surface area contributed by atoms with Crippen LogP contribution in [0.5, 0.6) is 0 Å². The van der Waals surface area contributed by atoms with Gasteiger partial charge in [-0.15, -0.1) is 6.58 Å². The minimum absolute atomic E-state index is 0.431. The van der Waals surface area contributed by atoms with Crippen molar-refractivity contribution in [3.05, 3.63) is 61.4 Å². The third-order valence-corrected chi connectivity index (χ3v) is 6.23. The monoisotopic (exact) mass is 271 g/mol. The molecule has 1 aromatic heterocycles. The van der Waals surface area contributed by atoms with Crippen LogP contribution < -0.4 is 5.32 Å². The van der Waals surface area contributed by atoms with E-state index in [-0.39, 0.29) is 0 Å². The Hall–Kier alpha value is -1.91. The van der Waals surface area contributed by atoms with Gasteiger partial charge >= 0.3 is 0 Å². The molecular formula is C15H17NO2Si. The molecule has 0 amide bonds. The Bertz CT molecular complexity index is 612. The Morgan fingerprint density at radius 2 is 1.95 bits per heavy atom. The highest BCUT2D eigenvalue weighted by molar-refractivity contribution is 6.85. The van der Waals surface area contributed by atoms with Gasteiger partial charge in [0.05, 0.1) is 17.1 Å². The summed E-state index contributed by atoms with van der Waals surface area (Å²) in [5.41, 5.74) is 0.878. The maximum atomic E-state index is 10.8. The molecule has 0 aliphatic rings. The van der Waals surface area contributed by atoms with Gasteiger partial charge in [-0.1, -0.05) is 36.4 Å². The average Bonchev–Trinajstić information content (AvgIpc) is 2.45. The van der Waals surface area contributed by atoms with Gasteiger partial charge in [0.25, 0.3) is 0 Å². The van der Waals surface area contributed by atoms with Crippen molar-refractivity contribution in [2.75, 3.05) is 0 Å². The molecule has 0 saturated heterocycles. The van der Waals surface area contributed by atoms with Crippen LogP contribution in [0.2, 0.25) is 12.1 Å². The van der Waals surface area contributed by atoms with Gasteiger partial charge < -0.3 is 9.90 Å². The van der Waals surface area contributed by atoms with Gasteiger partial charge in [0.2, 0.25) is 8.32 Å². The van der Waals surface area contributed by atoms with E-state index in [9.17, 15) is 4.80 Å². The van der Waals surface area contributed by atoms with Crippen LogP contribution in [0.3, 0.4) is 0 Å². The number of hydrogen-bond acceptors (Lipinski definition) is 3. The molecule has 0 bridgehead atoms. The van der Waals surface area contributed by atoms with Crippen LogP contribution in [-0.2, 0) is 0 Å². The summed E-state index contributed by atoms with van der Waals surface area (Å²) in [6.45, 7) is 3.70. The smallest absolute Gasteiger partial charge is 0.247 e. The first kappa shape index (κ1) is 13.5. The van der Waals surface area contributed by atoms with Crippen LogP contribution in [0.15, 0.2) is 61.4 Å². The van der Waals surface area contributed by atoms with Crippen LogP contribution in [0.4, 0.5) is 0 Å². The van der Waals surface area contributed by atoms with Gasteiger partial charge in [-0.2, -0.15) is 0 Å². The fraction of sp³-hybridized carbons (Fsp3) is 0.133. The molecule has 0 aliphatic heterocycles. The summed E-state index contributed by atoms with van der Waals surface area (Å²) in [5, 5.41) is 10.6. The molecule has 0 fully saturated rings. The number of benzene rings is 1. The number of hydrogen-bond donors (Lipinski definition) is 2. The van der Waals surface area contributed by atoms with Crippen molar-refractivity contribution in [2.45, 2.75) is 12.1 Å². The summed E-state index contributed by atoms with van der Waals surface area (Å²) >= 11 is 0. The lowest BCUT2D eigenvalue weighted by atomic mass is 10.2. The van der Waals surface area contributed by atoms with Crippen molar-refractivity contribution < 1.29 is 9.90 Å². The molecule has 4 heteroatoms. The Balaban J connectivity index is 2.46. The van der Waals surface area contributed by atoms with E-state index in [1.165, 1.54) is 0 Å². The third kappa shape index (κ3) is 2.92. The van der Waals surface area contributed by atoms with Crippen LogP contribution >= 0.6 is 0 Å². The summed E-state index contributed by atoms with van der Waals surface area (Å²) < 4.78 is 0. The van der Waals surface area contributed by atoms with Gasteiger partial charge in [0.15, 0.2) is 0 Å². The number of aliphatic hydroxyl groups excluding tert-OH is 1. The summed E-state index contributed by atoms with van der Waals surface area (Å²) in [7, 11) is -2.74. The predicted molar refractivity (Wildman–Crippen MR) is 80.9 cm³/mol. The van der Waals surface area contributed by atoms with E-state index in [0.29, 0.717) is 12.1 Å². The molecule has 1 heterocycles. The van der Waals surface area contributed by atoms with Crippen molar-refractivity contribution >= 4 is 24.5 Å². The number of rotatable bonds is 5. The number of fused-ring (bicyclic) bond motifs is 1. The zero-order valence-corrected chi connectivity index (χ0v) is 11.7. The van der Waals surface area contributed by atoms with E-state index in [1.54, 1.807) is 12.2 Å². The molecule has 1 unspecified atom stereocenters. The molecule has 1 atom stereocenters. The molecule has 0 spiro atoms. The normalized spacial score (nSPS) is 14.6. The van der Waals surface area contributed by atoms with E-state index in [2.05, 4.69) is 11.6 Å². The number of aromatic nitrogens is 1.